The molecule has 2 atom stereocenters. The number of carboxylic acids is 1. The fourth-order valence-electron chi connectivity index (χ4n) is 2.31. The Balaban J connectivity index is 1.88. The van der Waals surface area contributed by atoms with Crippen LogP contribution in [0.5, 0.6) is 5.75 Å². The molecule has 0 heterocycles. The highest BCUT2D eigenvalue weighted by Gasteiger charge is 2.26. The molecule has 1 amide bonds. The monoisotopic (exact) mass is 431 g/mol. The number of aliphatic hydroxyl groups is 1. The number of halogens is 4. The molecule has 2 aromatic rings. The van der Waals surface area contributed by atoms with E-state index in [1.807, 2.05) is 5.32 Å². The van der Waals surface area contributed by atoms with Gasteiger partial charge < -0.3 is 25.0 Å². The average molecular weight is 431 g/mol. The van der Waals surface area contributed by atoms with Crippen LogP contribution in [0.3, 0.4) is 0 Å². The second-order valence-electron chi connectivity index (χ2n) is 6.10. The van der Waals surface area contributed by atoms with Crippen molar-refractivity contribution in [3.05, 3.63) is 65.2 Å². The van der Waals surface area contributed by atoms with Gasteiger partial charge >= 0.3 is 12.1 Å². The summed E-state index contributed by atoms with van der Waals surface area (Å²) < 4.78 is 62.3. The van der Waals surface area contributed by atoms with E-state index in [1.165, 1.54) is 0 Å². The molecule has 0 fully saturated rings. The van der Waals surface area contributed by atoms with Crippen LogP contribution < -0.4 is 10.1 Å². The van der Waals surface area contributed by atoms with Crippen molar-refractivity contribution >= 4 is 12.1 Å². The van der Waals surface area contributed by atoms with Crippen molar-refractivity contribution in [3.8, 4) is 5.75 Å². The van der Waals surface area contributed by atoms with E-state index in [0.29, 0.717) is 5.56 Å². The topological polar surface area (TPSA) is 105 Å². The SMILES string of the molecule is O=C(N[C@@H](C[C@H](O)COc1cc(F)c(F)c(F)c1F)C(=O)O)OCc1ccccc1. The van der Waals surface area contributed by atoms with Crippen molar-refractivity contribution in [2.45, 2.75) is 25.2 Å². The quantitative estimate of drug-likeness (QED) is 0.320. The third-order valence-electron chi connectivity index (χ3n) is 3.81. The Morgan fingerprint density at radius 1 is 1.03 bits per heavy atom. The van der Waals surface area contributed by atoms with Crippen molar-refractivity contribution in [2.75, 3.05) is 6.61 Å². The molecule has 7 nitrogen and oxygen atoms in total. The maximum Gasteiger partial charge on any atom is 0.408 e. The van der Waals surface area contributed by atoms with E-state index in [2.05, 4.69) is 0 Å². The minimum atomic E-state index is -2.09. The van der Waals surface area contributed by atoms with Gasteiger partial charge in [0.05, 0.1) is 6.10 Å². The third-order valence-corrected chi connectivity index (χ3v) is 3.81. The number of ether oxygens (including phenoxy) is 2. The summed E-state index contributed by atoms with van der Waals surface area (Å²) in [5.74, 6) is -10.1. The number of nitrogens with one attached hydrogen (secondary N) is 1. The Hall–Kier alpha value is -3.34. The van der Waals surface area contributed by atoms with Gasteiger partial charge in [-0.3, -0.25) is 0 Å². The summed E-state index contributed by atoms with van der Waals surface area (Å²) in [6.07, 6.45) is -3.24. The summed E-state index contributed by atoms with van der Waals surface area (Å²) in [5.41, 5.74) is 0.661. The van der Waals surface area contributed by atoms with E-state index >= 15 is 0 Å². The van der Waals surface area contributed by atoms with E-state index in [0.717, 1.165) is 0 Å². The first-order valence-corrected chi connectivity index (χ1v) is 8.53. The summed E-state index contributed by atoms with van der Waals surface area (Å²) in [7, 11) is 0. The van der Waals surface area contributed by atoms with Crippen molar-refractivity contribution < 1.29 is 46.8 Å². The molecule has 0 aliphatic rings. The molecule has 0 radical (unpaired) electrons. The first-order chi connectivity index (χ1) is 14.2. The molecule has 30 heavy (non-hydrogen) atoms. The van der Waals surface area contributed by atoms with Crippen molar-refractivity contribution in [2.24, 2.45) is 0 Å². The number of benzene rings is 2. The highest BCUT2D eigenvalue weighted by atomic mass is 19.2. The Morgan fingerprint density at radius 2 is 1.70 bits per heavy atom. The number of carbonyl (C=O) groups excluding carboxylic acids is 1. The predicted octanol–water partition coefficient (Wildman–Crippen LogP) is 2.75. The van der Waals surface area contributed by atoms with Crippen molar-refractivity contribution in [1.82, 2.24) is 5.32 Å². The smallest absolute Gasteiger partial charge is 0.408 e. The van der Waals surface area contributed by atoms with Gasteiger partial charge in [-0.05, 0) is 5.56 Å². The summed E-state index contributed by atoms with van der Waals surface area (Å²) in [6.45, 7) is -0.905. The van der Waals surface area contributed by atoms with Gasteiger partial charge in [-0.15, -0.1) is 0 Å². The maximum absolute atomic E-state index is 13.5. The number of aliphatic carboxylic acids is 1. The number of hydrogen-bond donors (Lipinski definition) is 3. The largest absolute Gasteiger partial charge is 0.488 e. The van der Waals surface area contributed by atoms with Gasteiger partial charge in [0.1, 0.15) is 19.3 Å². The number of carbonyl (C=O) groups is 2. The molecule has 162 valence electrons. The minimum Gasteiger partial charge on any atom is -0.488 e. The highest BCUT2D eigenvalue weighted by molar-refractivity contribution is 5.79. The average Bonchev–Trinajstić information content (AvgIpc) is 2.72. The number of alkyl carbamates (subject to hydrolysis) is 1. The molecule has 0 aromatic heterocycles. The molecular weight excluding hydrogens is 414 g/mol. The Kier molecular flexibility index (Phi) is 7.98. The zero-order chi connectivity index (χ0) is 22.3. The molecule has 0 unspecified atom stereocenters. The van der Waals surface area contributed by atoms with Gasteiger partial charge in [-0.2, -0.15) is 4.39 Å². The van der Waals surface area contributed by atoms with Crippen LogP contribution in [0.15, 0.2) is 36.4 Å². The molecule has 0 spiro atoms. The first kappa shape index (κ1) is 22.9. The molecule has 2 aromatic carbocycles. The lowest BCUT2D eigenvalue weighted by Gasteiger charge is -2.19. The first-order valence-electron chi connectivity index (χ1n) is 8.53. The van der Waals surface area contributed by atoms with Gasteiger partial charge in [-0.25, -0.2) is 22.8 Å². The van der Waals surface area contributed by atoms with Crippen molar-refractivity contribution in [3.63, 3.8) is 0 Å². The standard InChI is InChI=1S/C19H17F4NO6/c20-12-7-14(16(22)17(23)15(12)21)29-9-11(25)6-13(18(26)27)24-19(28)30-8-10-4-2-1-3-5-10/h1-5,7,11,13,25H,6,8-9H2,(H,24,28)(H,26,27)/t11-,13-/m0/s1. The van der Waals surface area contributed by atoms with Crippen molar-refractivity contribution in [1.29, 1.82) is 0 Å². The fraction of sp³-hybridized carbons (Fsp3) is 0.263. The molecule has 0 aliphatic carbocycles. The molecule has 0 aliphatic heterocycles. The van der Waals surface area contributed by atoms with Crippen LogP contribution in [0, 0.1) is 23.3 Å². The third kappa shape index (κ3) is 6.34. The van der Waals surface area contributed by atoms with Crippen LogP contribution in [0.4, 0.5) is 22.4 Å². The minimum absolute atomic E-state index is 0.119. The normalized spacial score (nSPS) is 12.7. The molecule has 0 saturated carbocycles. The van der Waals surface area contributed by atoms with Crippen LogP contribution in [0.25, 0.3) is 0 Å². The maximum atomic E-state index is 13.5. The summed E-state index contributed by atoms with van der Waals surface area (Å²) in [4.78, 5) is 23.0. The second-order valence-corrected chi connectivity index (χ2v) is 6.10. The van der Waals surface area contributed by atoms with Gasteiger partial charge in [0.25, 0.3) is 0 Å². The summed E-state index contributed by atoms with van der Waals surface area (Å²) in [6, 6.07) is 7.21. The lowest BCUT2D eigenvalue weighted by Crippen LogP contribution is -2.44. The Labute approximate surface area is 167 Å². The van der Waals surface area contributed by atoms with E-state index in [-0.39, 0.29) is 12.7 Å². The fourth-order valence-corrected chi connectivity index (χ4v) is 2.31. The molecule has 11 heteroatoms. The van der Waals surface area contributed by atoms with Gasteiger partial charge in [0, 0.05) is 12.5 Å². The number of rotatable bonds is 9. The highest BCUT2D eigenvalue weighted by Crippen LogP contribution is 2.24. The van der Waals surface area contributed by atoms with Crippen LogP contribution in [-0.2, 0) is 16.1 Å². The molecule has 2 rings (SSSR count). The molecular formula is C19H17F4NO6. The van der Waals surface area contributed by atoms with Gasteiger partial charge in [0.15, 0.2) is 17.4 Å². The Morgan fingerprint density at radius 3 is 2.33 bits per heavy atom. The van der Waals surface area contributed by atoms with E-state index in [4.69, 9.17) is 14.6 Å². The lowest BCUT2D eigenvalue weighted by atomic mass is 10.1. The summed E-state index contributed by atoms with van der Waals surface area (Å²) >= 11 is 0. The summed E-state index contributed by atoms with van der Waals surface area (Å²) in [5, 5.41) is 21.1. The number of aliphatic hydroxyl groups excluding tert-OH is 1. The van der Waals surface area contributed by atoms with E-state index in [1.54, 1.807) is 30.3 Å². The van der Waals surface area contributed by atoms with Gasteiger partial charge in [0.2, 0.25) is 11.6 Å². The lowest BCUT2D eigenvalue weighted by molar-refractivity contribution is -0.140. The zero-order valence-electron chi connectivity index (χ0n) is 15.3. The Bertz CT molecular complexity index is 896. The zero-order valence-corrected chi connectivity index (χ0v) is 15.3. The number of amides is 1. The predicted molar refractivity (Wildman–Crippen MR) is 93.6 cm³/mol. The number of carboxylic acid groups (broad SMARTS) is 1. The van der Waals surface area contributed by atoms with E-state index in [9.17, 15) is 32.3 Å². The molecule has 3 N–H and O–H groups in total. The number of hydrogen-bond acceptors (Lipinski definition) is 5. The van der Waals surface area contributed by atoms with Crippen LogP contribution in [0.1, 0.15) is 12.0 Å². The van der Waals surface area contributed by atoms with Crippen LogP contribution in [0.2, 0.25) is 0 Å². The van der Waals surface area contributed by atoms with E-state index < -0.39 is 66.3 Å². The second kappa shape index (κ2) is 10.4. The van der Waals surface area contributed by atoms with Crippen LogP contribution in [-0.4, -0.2) is 41.0 Å². The molecule has 0 saturated heterocycles. The molecule has 0 bridgehead atoms. The van der Waals surface area contributed by atoms with Gasteiger partial charge in [-0.1, -0.05) is 30.3 Å². The van der Waals surface area contributed by atoms with Crippen LogP contribution >= 0.6 is 0 Å².